The van der Waals surface area contributed by atoms with Gasteiger partial charge in [0, 0.05) is 0 Å². The number of hydrogen-bond acceptors (Lipinski definition) is 0. The molecule has 0 aliphatic heterocycles. The van der Waals surface area contributed by atoms with Gasteiger partial charge in [0.05, 0.1) is 0 Å². The summed E-state index contributed by atoms with van der Waals surface area (Å²) in [4.78, 5) is 0. The van der Waals surface area contributed by atoms with E-state index in [0.29, 0.717) is 0 Å². The summed E-state index contributed by atoms with van der Waals surface area (Å²) in [6, 6.07) is 60.2. The maximum absolute atomic E-state index is 4.73. The molecule has 1 aliphatic rings. The molecule has 0 saturated heterocycles. The summed E-state index contributed by atoms with van der Waals surface area (Å²) in [5, 5.41) is 1.87. The molecule has 0 bridgehead atoms. The van der Waals surface area contributed by atoms with Gasteiger partial charge in [-0.3, -0.25) is 0 Å². The summed E-state index contributed by atoms with van der Waals surface area (Å²) in [5.74, 6) is 0.142. The number of hydrogen-bond donors (Lipinski definition) is 0. The number of rotatable bonds is 5. The van der Waals surface area contributed by atoms with Crippen LogP contribution in [0.1, 0.15) is 22.6 Å². The summed E-state index contributed by atoms with van der Waals surface area (Å²) in [5.41, 5.74) is 6.76. The van der Waals surface area contributed by atoms with Crippen molar-refractivity contribution in [2.24, 2.45) is 0 Å². The van der Waals surface area contributed by atoms with Crippen molar-refractivity contribution in [1.82, 2.24) is 0 Å². The number of fused-ring (bicyclic) bond motifs is 3. The minimum atomic E-state index is -3.38. The van der Waals surface area contributed by atoms with E-state index in [1.165, 1.54) is 49.0 Å². The van der Waals surface area contributed by atoms with E-state index in [0.717, 1.165) is 0 Å². The van der Waals surface area contributed by atoms with Crippen LogP contribution in [-0.2, 0) is 0 Å². The molecule has 0 atom stereocenters. The topological polar surface area (TPSA) is 0 Å². The summed E-state index contributed by atoms with van der Waals surface area (Å²) in [6.45, 7) is 0. The molecule has 0 aromatic heterocycles. The van der Waals surface area contributed by atoms with Gasteiger partial charge >= 0.3 is 240 Å². The molecule has 0 unspecified atom stereocenters. The van der Waals surface area contributed by atoms with Gasteiger partial charge in [0.1, 0.15) is 0 Å². The Morgan fingerprint density at radius 2 is 0.692 bits per heavy atom. The van der Waals surface area contributed by atoms with Crippen LogP contribution in [0.5, 0.6) is 0 Å². The van der Waals surface area contributed by atoms with Crippen molar-refractivity contribution < 1.29 is 0 Å². The molecule has 0 nitrogen and oxygen atoms in total. The zero-order valence-corrected chi connectivity index (χ0v) is 24.0. The van der Waals surface area contributed by atoms with Crippen molar-refractivity contribution in [3.05, 3.63) is 180 Å². The quantitative estimate of drug-likeness (QED) is 0.179. The third-order valence-electron chi connectivity index (χ3n) is 8.26. The van der Waals surface area contributed by atoms with Crippen LogP contribution in [0.4, 0.5) is 0 Å². The first kappa shape index (κ1) is 24.3. The van der Waals surface area contributed by atoms with E-state index >= 15 is 0 Å². The van der Waals surface area contributed by atoms with Gasteiger partial charge in [-0.25, -0.2) is 0 Å². The molecule has 0 saturated carbocycles. The Bertz CT molecular complexity index is 1630. The first-order valence-corrected chi connectivity index (χ1v) is 17.6. The van der Waals surface area contributed by atoms with Crippen LogP contribution in [-0.4, -0.2) is 0 Å². The summed E-state index contributed by atoms with van der Waals surface area (Å²) < 4.78 is 0. The zero-order valence-electron chi connectivity index (χ0n) is 21.5. The third-order valence-corrected chi connectivity index (χ3v) is 18.2. The molecule has 0 fully saturated rings. The van der Waals surface area contributed by atoms with Crippen molar-refractivity contribution in [2.75, 3.05) is 0 Å². The van der Waals surface area contributed by atoms with Gasteiger partial charge in [0.25, 0.3) is 0 Å². The average Bonchev–Trinajstić information content (AvgIpc) is 3.36. The van der Waals surface area contributed by atoms with E-state index in [4.69, 9.17) is 15.5 Å². The molecule has 0 amide bonds. The van der Waals surface area contributed by atoms with Crippen molar-refractivity contribution in [2.45, 2.75) is 5.92 Å². The molecular formula is C37H28BrP. The zero-order chi connectivity index (χ0) is 26.3. The fourth-order valence-corrected chi connectivity index (χ4v) is 14.7. The second-order valence-corrected chi connectivity index (χ2v) is 18.5. The van der Waals surface area contributed by atoms with Crippen LogP contribution in [0.3, 0.4) is 0 Å². The monoisotopic (exact) mass is 582 g/mol. The van der Waals surface area contributed by atoms with E-state index in [1.807, 2.05) is 0 Å². The van der Waals surface area contributed by atoms with E-state index < -0.39 is 5.31 Å². The summed E-state index contributed by atoms with van der Waals surface area (Å²) in [6.07, 6.45) is 0. The molecule has 6 aromatic rings. The minimum absolute atomic E-state index is 0.142. The van der Waals surface area contributed by atoms with Crippen molar-refractivity contribution >= 4 is 42.0 Å². The van der Waals surface area contributed by atoms with Gasteiger partial charge in [0.15, 0.2) is 0 Å². The summed E-state index contributed by atoms with van der Waals surface area (Å²) >= 11 is 4.73. The fourth-order valence-electron chi connectivity index (χ4n) is 6.59. The molecule has 39 heavy (non-hydrogen) atoms. The van der Waals surface area contributed by atoms with Crippen LogP contribution in [0, 0.1) is 0 Å². The molecule has 0 N–H and O–H groups in total. The first-order chi connectivity index (χ1) is 19.2. The van der Waals surface area contributed by atoms with Crippen molar-refractivity contribution in [3.8, 4) is 11.1 Å². The first-order valence-electron chi connectivity index (χ1n) is 13.4. The van der Waals surface area contributed by atoms with Gasteiger partial charge in [-0.15, -0.1) is 0 Å². The van der Waals surface area contributed by atoms with Crippen LogP contribution in [0.25, 0.3) is 11.1 Å². The molecule has 0 spiro atoms. The van der Waals surface area contributed by atoms with Crippen LogP contribution < -0.4 is 21.2 Å². The van der Waals surface area contributed by atoms with Crippen LogP contribution >= 0.6 is 20.8 Å². The molecule has 0 heterocycles. The maximum atomic E-state index is 4.73. The van der Waals surface area contributed by atoms with Gasteiger partial charge in [-0.1, -0.05) is 0 Å². The normalized spacial score (nSPS) is 13.7. The Morgan fingerprint density at radius 1 is 0.359 bits per heavy atom. The SMILES string of the molecule is BrP(c1ccccc1)(c1ccccc1)(c1ccccc1)c1ccccc1C1c2ccccc2-c2ccccc21. The Kier molecular flexibility index (Phi) is 5.89. The molecular weight excluding hydrogens is 555 g/mol. The predicted molar refractivity (Wildman–Crippen MR) is 173 cm³/mol. The van der Waals surface area contributed by atoms with Crippen molar-refractivity contribution in [3.63, 3.8) is 0 Å². The van der Waals surface area contributed by atoms with Gasteiger partial charge < -0.3 is 0 Å². The molecule has 7 rings (SSSR count). The fraction of sp³-hybridized carbons (Fsp3) is 0.0270. The van der Waals surface area contributed by atoms with E-state index in [9.17, 15) is 0 Å². The molecule has 1 aliphatic carbocycles. The molecule has 6 aromatic carbocycles. The van der Waals surface area contributed by atoms with Crippen molar-refractivity contribution in [1.29, 1.82) is 0 Å². The standard InChI is InChI=1S/C37H28BrP/c38-39(28-16-4-1-5-17-28,29-18-6-2-7-19-29,30-20-8-3-9-21-30)36-27-15-14-26-35(36)37-33-24-12-10-22-31(33)32-23-11-13-25-34(32)37/h1-27,37H. The number of halogens is 1. The Balaban J connectivity index is 1.65. The van der Waals surface area contributed by atoms with E-state index in [-0.39, 0.29) is 5.92 Å². The van der Waals surface area contributed by atoms with Gasteiger partial charge in [0.2, 0.25) is 0 Å². The third kappa shape index (κ3) is 3.47. The predicted octanol–water partition coefficient (Wildman–Crippen LogP) is 8.31. The van der Waals surface area contributed by atoms with Crippen LogP contribution in [0.15, 0.2) is 164 Å². The van der Waals surface area contributed by atoms with Gasteiger partial charge in [-0.05, 0) is 0 Å². The molecule has 2 heteroatoms. The molecule has 188 valence electrons. The second kappa shape index (κ2) is 9.45. The number of benzene rings is 6. The Morgan fingerprint density at radius 3 is 1.13 bits per heavy atom. The second-order valence-electron chi connectivity index (χ2n) is 10.2. The Hall–Kier alpha value is -3.77. The Labute approximate surface area is 238 Å². The van der Waals surface area contributed by atoms with E-state index in [1.54, 1.807) is 0 Å². The van der Waals surface area contributed by atoms with Gasteiger partial charge in [-0.2, -0.15) is 0 Å². The molecule has 0 radical (unpaired) electrons. The average molecular weight is 584 g/mol. The summed E-state index contributed by atoms with van der Waals surface area (Å²) in [7, 11) is 0. The van der Waals surface area contributed by atoms with E-state index in [2.05, 4.69) is 164 Å². The van der Waals surface area contributed by atoms with Crippen LogP contribution in [0.2, 0.25) is 0 Å².